The molecule has 0 radical (unpaired) electrons. The minimum absolute atomic E-state index is 0.00421. The van der Waals surface area contributed by atoms with E-state index in [-0.39, 0.29) is 17.6 Å². The highest BCUT2D eigenvalue weighted by molar-refractivity contribution is 5.89. The van der Waals surface area contributed by atoms with E-state index in [1.165, 1.54) is 0 Å². The maximum absolute atomic E-state index is 12.2. The van der Waals surface area contributed by atoms with Gasteiger partial charge in [-0.2, -0.15) is 0 Å². The Morgan fingerprint density at radius 2 is 1.96 bits per heavy atom. The van der Waals surface area contributed by atoms with Crippen LogP contribution in [0.2, 0.25) is 0 Å². The first-order valence-corrected chi connectivity index (χ1v) is 9.27. The number of ether oxygens (including phenoxy) is 2. The summed E-state index contributed by atoms with van der Waals surface area (Å²) in [7, 11) is 0. The molecule has 0 saturated carbocycles. The van der Waals surface area contributed by atoms with Crippen molar-refractivity contribution in [2.75, 3.05) is 0 Å². The molecule has 5 nitrogen and oxygen atoms in total. The third-order valence-electron chi connectivity index (χ3n) is 6.30. The Bertz CT molecular complexity index is 593. The summed E-state index contributed by atoms with van der Waals surface area (Å²) >= 11 is 0. The molecule has 2 fully saturated rings. The fourth-order valence-electron chi connectivity index (χ4n) is 4.04. The fourth-order valence-corrected chi connectivity index (χ4v) is 4.04. The number of allylic oxidation sites excluding steroid dienone is 1. The minimum atomic E-state index is -1.09. The number of epoxide rings is 1. The van der Waals surface area contributed by atoms with E-state index in [1.807, 2.05) is 13.0 Å². The molecule has 0 aromatic rings. The molecule has 2 aliphatic heterocycles. The number of carbonyl (C=O) groups is 1. The quantitative estimate of drug-likeness (QED) is 0.304. The number of rotatable bonds is 0. The molecule has 0 aromatic heterocycles. The number of esters is 1. The van der Waals surface area contributed by atoms with Crippen LogP contribution >= 0.6 is 0 Å². The molecule has 6 atom stereocenters. The van der Waals surface area contributed by atoms with Crippen molar-refractivity contribution >= 4 is 5.97 Å². The van der Waals surface area contributed by atoms with Crippen LogP contribution in [0.5, 0.6) is 0 Å². The summed E-state index contributed by atoms with van der Waals surface area (Å²) in [5.74, 6) is -0.390. The van der Waals surface area contributed by atoms with Gasteiger partial charge in [0.15, 0.2) is 0 Å². The summed E-state index contributed by atoms with van der Waals surface area (Å²) in [5, 5.41) is 21.2. The predicted molar refractivity (Wildman–Crippen MR) is 93.9 cm³/mol. The van der Waals surface area contributed by atoms with Gasteiger partial charge in [-0.1, -0.05) is 12.7 Å². The summed E-state index contributed by atoms with van der Waals surface area (Å²) < 4.78 is 11.3. The summed E-state index contributed by atoms with van der Waals surface area (Å²) in [6.07, 6.45) is 4.84. The standard InChI is InChI=1S/C20H30O5/c1-12-6-5-8-19(3,23)16-10-14(13(2)18(22)24-16)7-9-20(4)17(25-20)11-15(12)21/h6,14-17,21,23H,2,5,7-11H2,1,3-4H3. The number of aliphatic hydroxyl groups excluding tert-OH is 1. The lowest BCUT2D eigenvalue weighted by atomic mass is 9.78. The van der Waals surface area contributed by atoms with Crippen molar-refractivity contribution in [3.05, 3.63) is 23.8 Å². The Labute approximate surface area is 149 Å². The van der Waals surface area contributed by atoms with Crippen molar-refractivity contribution in [1.29, 1.82) is 0 Å². The number of hydrogen-bond acceptors (Lipinski definition) is 5. The van der Waals surface area contributed by atoms with E-state index in [1.54, 1.807) is 6.92 Å². The normalized spacial score (nSPS) is 45.7. The second kappa shape index (κ2) is 6.53. The Kier molecular flexibility index (Phi) is 4.86. The summed E-state index contributed by atoms with van der Waals surface area (Å²) in [5.41, 5.74) is 0.0573. The van der Waals surface area contributed by atoms with E-state index in [9.17, 15) is 15.0 Å². The lowest BCUT2D eigenvalue weighted by Gasteiger charge is -2.39. The molecular formula is C20H30O5. The van der Waals surface area contributed by atoms with Gasteiger partial charge in [-0.3, -0.25) is 0 Å². The van der Waals surface area contributed by atoms with Crippen LogP contribution in [0.4, 0.5) is 0 Å². The highest BCUT2D eigenvalue weighted by atomic mass is 16.6. The van der Waals surface area contributed by atoms with Gasteiger partial charge < -0.3 is 19.7 Å². The van der Waals surface area contributed by atoms with Gasteiger partial charge in [0.05, 0.1) is 23.4 Å². The third-order valence-corrected chi connectivity index (χ3v) is 6.30. The highest BCUT2D eigenvalue weighted by Gasteiger charge is 2.53. The first-order valence-electron chi connectivity index (χ1n) is 9.27. The molecule has 25 heavy (non-hydrogen) atoms. The molecule has 2 N–H and O–H groups in total. The third kappa shape index (κ3) is 3.83. The van der Waals surface area contributed by atoms with Crippen LogP contribution in [0.1, 0.15) is 59.3 Å². The fraction of sp³-hybridized carbons (Fsp3) is 0.750. The van der Waals surface area contributed by atoms with Crippen LogP contribution in [0, 0.1) is 5.92 Å². The largest absolute Gasteiger partial charge is 0.456 e. The average Bonchev–Trinajstić information content (AvgIpc) is 3.17. The van der Waals surface area contributed by atoms with Gasteiger partial charge in [-0.15, -0.1) is 0 Å². The van der Waals surface area contributed by atoms with Crippen LogP contribution in [-0.4, -0.2) is 45.7 Å². The monoisotopic (exact) mass is 350 g/mol. The van der Waals surface area contributed by atoms with Crippen molar-refractivity contribution in [3.8, 4) is 0 Å². The molecule has 2 saturated heterocycles. The van der Waals surface area contributed by atoms with Crippen molar-refractivity contribution in [2.45, 2.75) is 88.8 Å². The van der Waals surface area contributed by atoms with Crippen LogP contribution in [0.3, 0.4) is 0 Å². The number of carbonyl (C=O) groups excluding carboxylic acids is 1. The molecule has 2 bridgehead atoms. The molecule has 0 aromatic carbocycles. The highest BCUT2D eigenvalue weighted by Crippen LogP contribution is 2.46. The van der Waals surface area contributed by atoms with Gasteiger partial charge >= 0.3 is 5.97 Å². The molecule has 0 spiro atoms. The first kappa shape index (κ1) is 18.6. The van der Waals surface area contributed by atoms with Gasteiger partial charge in [-0.25, -0.2) is 4.79 Å². The van der Waals surface area contributed by atoms with Gasteiger partial charge in [0.25, 0.3) is 0 Å². The van der Waals surface area contributed by atoms with Crippen molar-refractivity contribution in [2.24, 2.45) is 5.92 Å². The molecule has 0 amide bonds. The molecule has 1 aliphatic carbocycles. The van der Waals surface area contributed by atoms with E-state index >= 15 is 0 Å². The van der Waals surface area contributed by atoms with Gasteiger partial charge in [-0.05, 0) is 64.4 Å². The average molecular weight is 350 g/mol. The van der Waals surface area contributed by atoms with E-state index in [0.29, 0.717) is 31.3 Å². The van der Waals surface area contributed by atoms with Crippen LogP contribution in [-0.2, 0) is 14.3 Å². The van der Waals surface area contributed by atoms with Crippen molar-refractivity contribution < 1.29 is 24.5 Å². The SMILES string of the molecule is C=C1C(=O)OC2CC1CCC1(C)OC1CC(O)C(C)=CCCC2(C)O. The molecule has 140 valence electrons. The first-order chi connectivity index (χ1) is 11.6. The van der Waals surface area contributed by atoms with Crippen LogP contribution in [0.25, 0.3) is 0 Å². The zero-order chi connectivity index (χ0) is 18.4. The summed E-state index contributed by atoms with van der Waals surface area (Å²) in [4.78, 5) is 12.2. The van der Waals surface area contributed by atoms with Crippen molar-refractivity contribution in [3.63, 3.8) is 0 Å². The van der Waals surface area contributed by atoms with Gasteiger partial charge in [0.2, 0.25) is 0 Å². The van der Waals surface area contributed by atoms with Crippen LogP contribution in [0.15, 0.2) is 23.8 Å². The second-order valence-corrected chi connectivity index (χ2v) is 8.41. The number of fused-ring (bicyclic) bond motifs is 3. The number of aliphatic hydroxyl groups is 2. The molecule has 5 heteroatoms. The maximum atomic E-state index is 12.2. The van der Waals surface area contributed by atoms with E-state index in [4.69, 9.17) is 9.47 Å². The lowest BCUT2D eigenvalue weighted by Crippen LogP contribution is -2.47. The summed E-state index contributed by atoms with van der Waals surface area (Å²) in [6, 6.07) is 0. The smallest absolute Gasteiger partial charge is 0.334 e. The Hall–Kier alpha value is -1.17. The topological polar surface area (TPSA) is 79.3 Å². The lowest BCUT2D eigenvalue weighted by molar-refractivity contribution is -0.168. The Balaban J connectivity index is 1.83. The Morgan fingerprint density at radius 1 is 1.24 bits per heavy atom. The Morgan fingerprint density at radius 3 is 2.68 bits per heavy atom. The zero-order valence-electron chi connectivity index (χ0n) is 15.5. The molecule has 3 rings (SSSR count). The maximum Gasteiger partial charge on any atom is 0.334 e. The number of hydrogen-bond donors (Lipinski definition) is 2. The molecule has 3 aliphatic rings. The second-order valence-electron chi connectivity index (χ2n) is 8.41. The van der Waals surface area contributed by atoms with E-state index < -0.39 is 23.8 Å². The van der Waals surface area contributed by atoms with E-state index in [2.05, 4.69) is 13.5 Å². The molecule has 2 heterocycles. The van der Waals surface area contributed by atoms with Gasteiger partial charge in [0, 0.05) is 12.0 Å². The summed E-state index contributed by atoms with van der Waals surface area (Å²) in [6.45, 7) is 9.60. The van der Waals surface area contributed by atoms with Crippen molar-refractivity contribution in [1.82, 2.24) is 0 Å². The van der Waals surface area contributed by atoms with E-state index in [0.717, 1.165) is 18.4 Å². The van der Waals surface area contributed by atoms with Gasteiger partial charge in [0.1, 0.15) is 6.10 Å². The minimum Gasteiger partial charge on any atom is -0.456 e. The molecule has 6 unspecified atom stereocenters. The van der Waals surface area contributed by atoms with Crippen LogP contribution < -0.4 is 0 Å². The predicted octanol–water partition coefficient (Wildman–Crippen LogP) is 2.65. The molecular weight excluding hydrogens is 320 g/mol. The zero-order valence-corrected chi connectivity index (χ0v) is 15.5.